The van der Waals surface area contributed by atoms with Crippen molar-refractivity contribution < 1.29 is 27.5 Å². The number of carbonyl (C=O) groups excluding carboxylic acids is 3. The first-order valence-corrected chi connectivity index (χ1v) is 11.5. The molecule has 0 aromatic heterocycles. The summed E-state index contributed by atoms with van der Waals surface area (Å²) in [4.78, 5) is 35.7. The van der Waals surface area contributed by atoms with Crippen molar-refractivity contribution in [2.75, 3.05) is 18.5 Å². The minimum absolute atomic E-state index is 0.0765. The average molecular weight is 461 g/mol. The van der Waals surface area contributed by atoms with Gasteiger partial charge in [0.05, 0.1) is 4.90 Å². The van der Waals surface area contributed by atoms with E-state index in [1.807, 2.05) is 34.6 Å². The average Bonchev–Trinajstić information content (AvgIpc) is 2.73. The van der Waals surface area contributed by atoms with Crippen LogP contribution >= 0.6 is 0 Å². The zero-order chi connectivity index (χ0) is 24.2. The van der Waals surface area contributed by atoms with E-state index >= 15 is 0 Å². The number of carbonyl (C=O) groups is 3. The van der Waals surface area contributed by atoms with Crippen LogP contribution in [0.4, 0.5) is 5.69 Å². The number of rotatable bonds is 8. The van der Waals surface area contributed by atoms with Crippen LogP contribution < -0.4 is 10.0 Å². The Morgan fingerprint density at radius 2 is 1.34 bits per heavy atom. The molecule has 0 aliphatic rings. The second-order valence-electron chi connectivity index (χ2n) is 7.61. The number of hydrogen-bond donors (Lipinski definition) is 2. The van der Waals surface area contributed by atoms with Gasteiger partial charge in [-0.2, -0.15) is 4.72 Å². The van der Waals surface area contributed by atoms with Gasteiger partial charge in [0, 0.05) is 18.2 Å². The Hall–Kier alpha value is -3.04. The summed E-state index contributed by atoms with van der Waals surface area (Å²) in [6.07, 6.45) is 0. The lowest BCUT2D eigenvalue weighted by Gasteiger charge is -2.17. The van der Waals surface area contributed by atoms with Gasteiger partial charge in [-0.25, -0.2) is 8.42 Å². The molecule has 2 N–H and O–H groups in total. The molecule has 32 heavy (non-hydrogen) atoms. The summed E-state index contributed by atoms with van der Waals surface area (Å²) in [5.74, 6) is -1.49. The van der Waals surface area contributed by atoms with Crippen LogP contribution in [0.5, 0.6) is 0 Å². The van der Waals surface area contributed by atoms with E-state index in [9.17, 15) is 22.8 Å². The fraction of sp³-hybridized carbons (Fsp3) is 0.348. The lowest BCUT2D eigenvalue weighted by atomic mass is 9.88. The summed E-state index contributed by atoms with van der Waals surface area (Å²) in [5, 5.41) is 2.53. The second-order valence-corrected chi connectivity index (χ2v) is 9.38. The molecule has 0 radical (unpaired) electrons. The minimum Gasteiger partial charge on any atom is -0.456 e. The fourth-order valence-electron chi connectivity index (χ4n) is 3.35. The third-order valence-corrected chi connectivity index (χ3v) is 6.95. The van der Waals surface area contributed by atoms with Crippen LogP contribution in [0.25, 0.3) is 0 Å². The highest BCUT2D eigenvalue weighted by Crippen LogP contribution is 2.26. The standard InChI is InChI=1S/C23H28N2O6S/c1-13-14(2)16(4)23(17(5)15(13)3)21(27)12-31-22(28)11-24-32(29,30)20-9-7-19(8-10-20)25-18(6)26/h7-10,24H,11-12H2,1-6H3,(H,25,26). The van der Waals surface area contributed by atoms with Crippen molar-refractivity contribution in [1.29, 1.82) is 0 Å². The maximum atomic E-state index is 12.7. The highest BCUT2D eigenvalue weighted by atomic mass is 32.2. The highest BCUT2D eigenvalue weighted by molar-refractivity contribution is 7.89. The van der Waals surface area contributed by atoms with E-state index in [1.54, 1.807) is 0 Å². The molecule has 0 saturated heterocycles. The van der Waals surface area contributed by atoms with E-state index in [2.05, 4.69) is 10.0 Å². The summed E-state index contributed by atoms with van der Waals surface area (Å²) < 4.78 is 31.9. The van der Waals surface area contributed by atoms with Crippen LogP contribution in [0, 0.1) is 34.6 Å². The van der Waals surface area contributed by atoms with Gasteiger partial charge < -0.3 is 10.1 Å². The summed E-state index contributed by atoms with van der Waals surface area (Å²) >= 11 is 0. The number of hydrogen-bond acceptors (Lipinski definition) is 6. The molecule has 0 fully saturated rings. The number of benzene rings is 2. The first-order valence-electron chi connectivity index (χ1n) is 9.98. The van der Waals surface area contributed by atoms with Gasteiger partial charge in [0.2, 0.25) is 21.7 Å². The van der Waals surface area contributed by atoms with Crippen molar-refractivity contribution in [2.24, 2.45) is 0 Å². The highest BCUT2D eigenvalue weighted by Gasteiger charge is 2.21. The summed E-state index contributed by atoms with van der Waals surface area (Å²) in [6, 6.07) is 5.47. The van der Waals surface area contributed by atoms with Crippen molar-refractivity contribution in [3.05, 3.63) is 57.6 Å². The van der Waals surface area contributed by atoms with Crippen LogP contribution in [-0.2, 0) is 24.3 Å². The van der Waals surface area contributed by atoms with E-state index < -0.39 is 29.1 Å². The fourth-order valence-corrected chi connectivity index (χ4v) is 4.31. The molecule has 0 saturated carbocycles. The van der Waals surface area contributed by atoms with E-state index in [-0.39, 0.29) is 16.6 Å². The maximum Gasteiger partial charge on any atom is 0.321 e. The molecular weight excluding hydrogens is 432 g/mol. The number of nitrogens with one attached hydrogen (secondary N) is 2. The lowest BCUT2D eigenvalue weighted by molar-refractivity contribution is -0.141. The molecule has 8 nitrogen and oxygen atoms in total. The van der Waals surface area contributed by atoms with E-state index in [4.69, 9.17) is 4.74 Å². The Kier molecular flexibility index (Phi) is 7.92. The molecule has 0 atom stereocenters. The number of esters is 1. The number of amides is 1. The molecule has 0 heterocycles. The van der Waals surface area contributed by atoms with Gasteiger partial charge in [-0.15, -0.1) is 0 Å². The molecule has 0 aliphatic carbocycles. The van der Waals surface area contributed by atoms with Gasteiger partial charge >= 0.3 is 5.97 Å². The smallest absolute Gasteiger partial charge is 0.321 e. The van der Waals surface area contributed by atoms with Gasteiger partial charge in [0.25, 0.3) is 0 Å². The predicted molar refractivity (Wildman–Crippen MR) is 121 cm³/mol. The Morgan fingerprint density at radius 3 is 1.84 bits per heavy atom. The molecule has 2 aromatic rings. The summed E-state index contributed by atoms with van der Waals surface area (Å²) in [6.45, 7) is 9.84. The number of ketones is 1. The Bertz CT molecular complexity index is 1140. The molecule has 2 rings (SSSR count). The van der Waals surface area contributed by atoms with Crippen molar-refractivity contribution >= 4 is 33.4 Å². The van der Waals surface area contributed by atoms with E-state index in [0.717, 1.165) is 27.8 Å². The van der Waals surface area contributed by atoms with Gasteiger partial charge in [-0.05, 0) is 86.7 Å². The van der Waals surface area contributed by atoms with Gasteiger partial charge in [0.15, 0.2) is 6.61 Å². The second kappa shape index (κ2) is 10.1. The predicted octanol–water partition coefficient (Wildman–Crippen LogP) is 2.89. The Labute approximate surface area is 188 Å². The zero-order valence-electron chi connectivity index (χ0n) is 19.1. The minimum atomic E-state index is -3.97. The topological polar surface area (TPSA) is 119 Å². The molecule has 0 unspecified atom stereocenters. The quantitative estimate of drug-likeness (QED) is 0.462. The lowest BCUT2D eigenvalue weighted by Crippen LogP contribution is -2.31. The van der Waals surface area contributed by atoms with E-state index in [0.29, 0.717) is 11.3 Å². The third-order valence-electron chi connectivity index (χ3n) is 5.53. The molecule has 0 aliphatic heterocycles. The maximum absolute atomic E-state index is 12.7. The van der Waals surface area contributed by atoms with Crippen molar-refractivity contribution in [1.82, 2.24) is 4.72 Å². The zero-order valence-corrected chi connectivity index (χ0v) is 19.9. The van der Waals surface area contributed by atoms with Crippen molar-refractivity contribution in [3.63, 3.8) is 0 Å². The van der Waals surface area contributed by atoms with Crippen LogP contribution in [0.3, 0.4) is 0 Å². The van der Waals surface area contributed by atoms with E-state index in [1.165, 1.54) is 31.2 Å². The number of sulfonamides is 1. The van der Waals surface area contributed by atoms with Crippen molar-refractivity contribution in [3.8, 4) is 0 Å². The Balaban J connectivity index is 1.99. The van der Waals surface area contributed by atoms with Gasteiger partial charge in [-0.1, -0.05) is 0 Å². The molecule has 172 valence electrons. The number of Topliss-reactive ketones (excluding diaryl/α,β-unsaturated/α-hetero) is 1. The number of anilines is 1. The normalized spacial score (nSPS) is 11.2. The molecule has 0 bridgehead atoms. The Morgan fingerprint density at radius 1 is 0.844 bits per heavy atom. The largest absolute Gasteiger partial charge is 0.456 e. The van der Waals surface area contributed by atoms with Crippen LogP contribution in [0.15, 0.2) is 29.2 Å². The van der Waals surface area contributed by atoms with Gasteiger partial charge in [0.1, 0.15) is 6.54 Å². The van der Waals surface area contributed by atoms with Gasteiger partial charge in [-0.3, -0.25) is 14.4 Å². The molecule has 2 aromatic carbocycles. The SMILES string of the molecule is CC(=O)Nc1ccc(S(=O)(=O)NCC(=O)OCC(=O)c2c(C)c(C)c(C)c(C)c2C)cc1. The van der Waals surface area contributed by atoms with Crippen LogP contribution in [0.2, 0.25) is 0 Å². The first-order chi connectivity index (χ1) is 14.8. The van der Waals surface area contributed by atoms with Crippen LogP contribution in [0.1, 0.15) is 45.1 Å². The molecule has 9 heteroatoms. The molecule has 1 amide bonds. The monoisotopic (exact) mass is 460 g/mol. The third kappa shape index (κ3) is 5.80. The molecule has 0 spiro atoms. The van der Waals surface area contributed by atoms with Crippen molar-refractivity contribution in [2.45, 2.75) is 46.4 Å². The van der Waals surface area contributed by atoms with Crippen LogP contribution in [-0.4, -0.2) is 39.2 Å². The summed E-state index contributed by atoms with van der Waals surface area (Å²) in [7, 11) is -3.97. The summed E-state index contributed by atoms with van der Waals surface area (Å²) in [5.41, 5.74) is 5.80. The first kappa shape index (κ1) is 25.2. The number of ether oxygens (including phenoxy) is 1. The molecular formula is C23H28N2O6S.